The Kier molecular flexibility index (Phi) is 4.83. The third-order valence-corrected chi connectivity index (χ3v) is 2.63. The quantitative estimate of drug-likeness (QED) is 0.665. The highest BCUT2D eigenvalue weighted by molar-refractivity contribution is 5.36. The predicted molar refractivity (Wildman–Crippen MR) is 64.9 cm³/mol. The first-order chi connectivity index (χ1) is 7.15. The lowest BCUT2D eigenvalue weighted by Gasteiger charge is -2.11. The van der Waals surface area contributed by atoms with Crippen LogP contribution in [-0.4, -0.2) is 6.61 Å². The van der Waals surface area contributed by atoms with Crippen LogP contribution in [0.1, 0.15) is 35.1 Å². The summed E-state index contributed by atoms with van der Waals surface area (Å²) in [5, 5.41) is 0. The minimum Gasteiger partial charge on any atom is -0.377 e. The van der Waals surface area contributed by atoms with E-state index in [1.54, 1.807) is 0 Å². The van der Waals surface area contributed by atoms with Gasteiger partial charge in [-0.05, 0) is 43.9 Å². The van der Waals surface area contributed by atoms with Crippen molar-refractivity contribution in [3.8, 4) is 0 Å². The predicted octanol–water partition coefficient (Wildman–Crippen LogP) is 3.74. The van der Waals surface area contributed by atoms with Gasteiger partial charge in [-0.1, -0.05) is 31.0 Å². The first-order valence-corrected chi connectivity index (χ1v) is 5.59. The van der Waals surface area contributed by atoms with Crippen molar-refractivity contribution in [3.05, 3.63) is 41.3 Å². The molecule has 1 nitrogen and oxygen atoms in total. The zero-order valence-corrected chi connectivity index (χ0v) is 10.1. The zero-order chi connectivity index (χ0) is 11.3. The summed E-state index contributed by atoms with van der Waals surface area (Å²) in [6.45, 7) is 11.8. The summed E-state index contributed by atoms with van der Waals surface area (Å²) >= 11 is 0. The summed E-state index contributed by atoms with van der Waals surface area (Å²) in [6.07, 6.45) is 2.00. The van der Waals surface area contributed by atoms with Crippen molar-refractivity contribution in [2.75, 3.05) is 6.61 Å². The molecule has 0 aromatic heterocycles. The van der Waals surface area contributed by atoms with Gasteiger partial charge in [0.05, 0.1) is 6.61 Å². The summed E-state index contributed by atoms with van der Waals surface area (Å²) in [6, 6.07) is 4.43. The number of ether oxygens (including phenoxy) is 1. The molecule has 0 bridgehead atoms. The monoisotopic (exact) mass is 205 g/mol. The van der Waals surface area contributed by atoms with E-state index in [4.69, 9.17) is 4.74 Å². The van der Waals surface area contributed by atoms with Crippen LogP contribution in [0.5, 0.6) is 0 Å². The Morgan fingerprint density at radius 2 is 1.73 bits per heavy atom. The van der Waals surface area contributed by atoms with Crippen molar-refractivity contribution in [3.63, 3.8) is 0 Å². The highest BCUT2D eigenvalue weighted by Crippen LogP contribution is 2.17. The molecule has 0 fully saturated rings. The number of unbranched alkanes of at least 4 members (excludes halogenated alkanes) is 1. The van der Waals surface area contributed by atoms with Gasteiger partial charge in [-0.3, -0.25) is 0 Å². The lowest BCUT2D eigenvalue weighted by atomic mass is 10.0. The Balaban J connectivity index is 2.60. The minimum atomic E-state index is 0.734. The van der Waals surface area contributed by atoms with Crippen LogP contribution in [-0.2, 0) is 11.3 Å². The van der Waals surface area contributed by atoms with Crippen LogP contribution in [0.3, 0.4) is 0 Å². The van der Waals surface area contributed by atoms with Crippen LogP contribution in [0.15, 0.2) is 12.1 Å². The molecule has 1 aromatic rings. The maximum absolute atomic E-state index is 5.62. The lowest BCUT2D eigenvalue weighted by molar-refractivity contribution is 0.118. The van der Waals surface area contributed by atoms with E-state index in [1.165, 1.54) is 22.3 Å². The summed E-state index contributed by atoms with van der Waals surface area (Å²) < 4.78 is 5.62. The summed E-state index contributed by atoms with van der Waals surface area (Å²) in [5.74, 6) is 0. The average Bonchev–Trinajstić information content (AvgIpc) is 2.15. The molecular weight excluding hydrogens is 184 g/mol. The average molecular weight is 205 g/mol. The van der Waals surface area contributed by atoms with Crippen molar-refractivity contribution >= 4 is 0 Å². The topological polar surface area (TPSA) is 9.23 Å². The fourth-order valence-corrected chi connectivity index (χ4v) is 1.82. The third-order valence-electron chi connectivity index (χ3n) is 2.63. The summed E-state index contributed by atoms with van der Waals surface area (Å²) in [5.41, 5.74) is 5.33. The molecule has 0 N–H and O–H groups in total. The van der Waals surface area contributed by atoms with Crippen LogP contribution >= 0.6 is 0 Å². The van der Waals surface area contributed by atoms with E-state index in [0.29, 0.717) is 0 Å². The van der Waals surface area contributed by atoms with Crippen molar-refractivity contribution in [1.82, 2.24) is 0 Å². The first kappa shape index (κ1) is 12.3. The Labute approximate surface area is 93.5 Å². The highest BCUT2D eigenvalue weighted by Gasteiger charge is 2.03. The fraction of sp³-hybridized carbons (Fsp3) is 0.500. The van der Waals surface area contributed by atoms with Gasteiger partial charge in [0.2, 0.25) is 0 Å². The first-order valence-electron chi connectivity index (χ1n) is 5.59. The molecule has 15 heavy (non-hydrogen) atoms. The second-order valence-corrected chi connectivity index (χ2v) is 4.14. The number of benzene rings is 1. The van der Waals surface area contributed by atoms with E-state index >= 15 is 0 Å². The number of hydrogen-bond acceptors (Lipinski definition) is 1. The van der Waals surface area contributed by atoms with E-state index in [2.05, 4.69) is 39.8 Å². The third kappa shape index (κ3) is 3.67. The second kappa shape index (κ2) is 5.92. The molecule has 0 unspecified atom stereocenters. The molecule has 0 saturated carbocycles. The number of aryl methyl sites for hydroxylation is 3. The molecule has 0 atom stereocenters. The maximum Gasteiger partial charge on any atom is 0.0721 e. The highest BCUT2D eigenvalue weighted by atomic mass is 16.5. The molecule has 1 radical (unpaired) electrons. The molecule has 1 heteroatoms. The molecule has 0 spiro atoms. The smallest absolute Gasteiger partial charge is 0.0721 e. The Bertz CT molecular complexity index is 292. The molecule has 0 heterocycles. The fourth-order valence-electron chi connectivity index (χ4n) is 1.82. The van der Waals surface area contributed by atoms with E-state index < -0.39 is 0 Å². The number of hydrogen-bond donors (Lipinski definition) is 0. The van der Waals surface area contributed by atoms with Gasteiger partial charge in [-0.25, -0.2) is 0 Å². The van der Waals surface area contributed by atoms with Crippen LogP contribution in [0.4, 0.5) is 0 Å². The van der Waals surface area contributed by atoms with Crippen LogP contribution in [0.2, 0.25) is 0 Å². The molecule has 1 aromatic carbocycles. The van der Waals surface area contributed by atoms with Crippen molar-refractivity contribution in [1.29, 1.82) is 0 Å². The van der Waals surface area contributed by atoms with Gasteiger partial charge < -0.3 is 4.74 Å². The van der Waals surface area contributed by atoms with Gasteiger partial charge in [0.15, 0.2) is 0 Å². The SMILES string of the molecule is [CH2]CCCOCc1c(C)cc(C)cc1C. The summed E-state index contributed by atoms with van der Waals surface area (Å²) in [4.78, 5) is 0. The molecule has 0 saturated heterocycles. The zero-order valence-electron chi connectivity index (χ0n) is 10.1. The van der Waals surface area contributed by atoms with Gasteiger partial charge in [-0.2, -0.15) is 0 Å². The molecular formula is C14H21O. The largest absolute Gasteiger partial charge is 0.377 e. The normalized spacial score (nSPS) is 10.7. The standard InChI is InChI=1S/C14H21O/c1-5-6-7-15-10-14-12(3)8-11(2)9-13(14)4/h8-9H,1,5-7,10H2,2-4H3. The molecule has 0 aliphatic rings. The van der Waals surface area contributed by atoms with Crippen LogP contribution in [0, 0.1) is 27.7 Å². The van der Waals surface area contributed by atoms with Crippen molar-refractivity contribution < 1.29 is 4.74 Å². The molecule has 0 amide bonds. The Hall–Kier alpha value is -0.820. The van der Waals surface area contributed by atoms with E-state index in [-0.39, 0.29) is 0 Å². The van der Waals surface area contributed by atoms with Crippen molar-refractivity contribution in [2.24, 2.45) is 0 Å². The molecule has 0 aliphatic heterocycles. The minimum absolute atomic E-state index is 0.734. The maximum atomic E-state index is 5.62. The molecule has 83 valence electrons. The van der Waals surface area contributed by atoms with Crippen LogP contribution < -0.4 is 0 Å². The van der Waals surface area contributed by atoms with Crippen molar-refractivity contribution in [2.45, 2.75) is 40.2 Å². The second-order valence-electron chi connectivity index (χ2n) is 4.14. The van der Waals surface area contributed by atoms with Gasteiger partial charge in [0.1, 0.15) is 0 Å². The van der Waals surface area contributed by atoms with E-state index in [9.17, 15) is 0 Å². The molecule has 1 rings (SSSR count). The van der Waals surface area contributed by atoms with Gasteiger partial charge in [0, 0.05) is 6.61 Å². The van der Waals surface area contributed by atoms with E-state index in [0.717, 1.165) is 26.1 Å². The molecule has 0 aliphatic carbocycles. The summed E-state index contributed by atoms with van der Waals surface area (Å²) in [7, 11) is 0. The Morgan fingerprint density at radius 3 is 2.27 bits per heavy atom. The van der Waals surface area contributed by atoms with Gasteiger partial charge in [0.25, 0.3) is 0 Å². The number of rotatable bonds is 5. The van der Waals surface area contributed by atoms with Gasteiger partial charge >= 0.3 is 0 Å². The van der Waals surface area contributed by atoms with Gasteiger partial charge in [-0.15, -0.1) is 0 Å². The van der Waals surface area contributed by atoms with E-state index in [1.807, 2.05) is 0 Å². The Morgan fingerprint density at radius 1 is 1.13 bits per heavy atom. The lowest BCUT2D eigenvalue weighted by Crippen LogP contribution is -2.00. The van der Waals surface area contributed by atoms with Crippen LogP contribution in [0.25, 0.3) is 0 Å².